The van der Waals surface area contributed by atoms with E-state index in [1.54, 1.807) is 12.4 Å². The molecule has 0 spiro atoms. The Balaban J connectivity index is 0.000000310. The molecule has 30 heavy (non-hydrogen) atoms. The van der Waals surface area contributed by atoms with E-state index in [1.165, 1.54) is 29.2 Å². The Morgan fingerprint density at radius 2 is 1.73 bits per heavy atom. The van der Waals surface area contributed by atoms with E-state index in [0.717, 1.165) is 10.1 Å². The largest absolute Gasteiger partial charge is 0.478 e. The van der Waals surface area contributed by atoms with Crippen molar-refractivity contribution in [1.29, 1.82) is 0 Å². The molecule has 6 nitrogen and oxygen atoms in total. The molecule has 3 N–H and O–H groups in total. The van der Waals surface area contributed by atoms with E-state index < -0.39 is 5.97 Å². The maximum absolute atomic E-state index is 12.5. The molecule has 2 aromatic heterocycles. The van der Waals surface area contributed by atoms with E-state index in [0.29, 0.717) is 17.1 Å². The highest BCUT2D eigenvalue weighted by Crippen LogP contribution is 2.27. The third kappa shape index (κ3) is 5.01. The summed E-state index contributed by atoms with van der Waals surface area (Å²) >= 11 is 1.48. The Labute approximate surface area is 178 Å². The molecular weight excluding hydrogens is 398 g/mol. The monoisotopic (exact) mass is 419 g/mol. The van der Waals surface area contributed by atoms with E-state index in [2.05, 4.69) is 34.7 Å². The van der Waals surface area contributed by atoms with Crippen molar-refractivity contribution in [3.05, 3.63) is 88.9 Å². The fourth-order valence-corrected chi connectivity index (χ4v) is 3.69. The van der Waals surface area contributed by atoms with Gasteiger partial charge in [-0.2, -0.15) is 0 Å². The molecule has 2 aromatic carbocycles. The number of anilines is 2. The summed E-state index contributed by atoms with van der Waals surface area (Å²) in [6.07, 6.45) is 1.24. The van der Waals surface area contributed by atoms with Crippen molar-refractivity contribution in [2.45, 2.75) is 6.92 Å². The number of carboxylic acid groups (broad SMARTS) is 1. The predicted molar refractivity (Wildman–Crippen MR) is 122 cm³/mol. The number of aryl methyl sites for hydroxylation is 1. The first-order valence-corrected chi connectivity index (χ1v) is 10.1. The van der Waals surface area contributed by atoms with Crippen molar-refractivity contribution in [2.24, 2.45) is 0 Å². The van der Waals surface area contributed by atoms with E-state index in [4.69, 9.17) is 5.11 Å². The van der Waals surface area contributed by atoms with Crippen LogP contribution in [0.15, 0.2) is 72.2 Å². The molecule has 1 amide bonds. The number of hydrogen-bond donors (Lipinski definition) is 3. The lowest BCUT2D eigenvalue weighted by atomic mass is 10.1. The number of benzene rings is 2. The zero-order valence-corrected chi connectivity index (χ0v) is 17.4. The number of nitrogens with one attached hydrogen (secondary N) is 2. The lowest BCUT2D eigenvalue weighted by Gasteiger charge is -2.10. The molecule has 0 atom stereocenters. The van der Waals surface area contributed by atoms with Gasteiger partial charge in [-0.05, 0) is 19.1 Å². The molecule has 0 aliphatic rings. The molecule has 0 radical (unpaired) electrons. The number of hydrogen-bond acceptors (Lipinski definition) is 5. The van der Waals surface area contributed by atoms with Crippen LogP contribution in [0.2, 0.25) is 0 Å². The van der Waals surface area contributed by atoms with Crippen LogP contribution in [-0.4, -0.2) is 29.0 Å². The standard InChI is InChI=1S/C16H13N3O3S.C7H8/c1-17-14-12(6-9(7-18-14)16(21)22)19-15(20)11-8-23-13-5-3-2-4-10(11)13;1-7-5-3-2-4-6-7/h2-8H,1H3,(H,17,18)(H,19,20)(H,21,22);2-6H,1H3. The van der Waals surface area contributed by atoms with Gasteiger partial charge < -0.3 is 15.7 Å². The van der Waals surface area contributed by atoms with Gasteiger partial charge in [0.25, 0.3) is 5.91 Å². The van der Waals surface area contributed by atoms with Gasteiger partial charge in [0.1, 0.15) is 5.82 Å². The van der Waals surface area contributed by atoms with Crippen molar-refractivity contribution in [1.82, 2.24) is 4.98 Å². The minimum atomic E-state index is -1.10. The number of nitrogens with zero attached hydrogens (tertiary/aromatic N) is 1. The summed E-state index contributed by atoms with van der Waals surface area (Å²) in [4.78, 5) is 27.6. The van der Waals surface area contributed by atoms with Gasteiger partial charge in [-0.3, -0.25) is 4.79 Å². The van der Waals surface area contributed by atoms with Gasteiger partial charge in [-0.1, -0.05) is 54.1 Å². The van der Waals surface area contributed by atoms with Crippen LogP contribution in [0.1, 0.15) is 26.3 Å². The Hall–Kier alpha value is -3.71. The Kier molecular flexibility index (Phi) is 6.77. The van der Waals surface area contributed by atoms with Crippen LogP contribution in [0.3, 0.4) is 0 Å². The lowest BCUT2D eigenvalue weighted by molar-refractivity contribution is 0.0696. The second-order valence-electron chi connectivity index (χ2n) is 6.43. The molecule has 2 heterocycles. The van der Waals surface area contributed by atoms with E-state index in [-0.39, 0.29) is 11.5 Å². The average Bonchev–Trinajstić information content (AvgIpc) is 3.19. The summed E-state index contributed by atoms with van der Waals surface area (Å²) < 4.78 is 1.02. The first-order chi connectivity index (χ1) is 14.5. The molecule has 0 aliphatic carbocycles. The van der Waals surface area contributed by atoms with Crippen LogP contribution in [0, 0.1) is 6.92 Å². The summed E-state index contributed by atoms with van der Waals surface area (Å²) in [5.41, 5.74) is 2.21. The molecule has 4 rings (SSSR count). The predicted octanol–water partition coefficient (Wildman–Crippen LogP) is 5.28. The van der Waals surface area contributed by atoms with E-state index in [1.807, 2.05) is 42.5 Å². The van der Waals surface area contributed by atoms with Crippen LogP contribution in [0.4, 0.5) is 11.5 Å². The number of thiophene rings is 1. The number of aromatic carboxylic acids is 1. The number of pyridine rings is 1. The van der Waals surface area contributed by atoms with Crippen LogP contribution in [0.25, 0.3) is 10.1 Å². The Bertz CT molecular complexity index is 1170. The normalized spacial score (nSPS) is 10.1. The molecule has 4 aromatic rings. The molecular formula is C23H21N3O3S. The highest BCUT2D eigenvalue weighted by atomic mass is 32.1. The lowest BCUT2D eigenvalue weighted by Crippen LogP contribution is -2.14. The number of aromatic nitrogens is 1. The number of carboxylic acids is 1. The van der Waals surface area contributed by atoms with Crippen molar-refractivity contribution in [3.8, 4) is 0 Å². The van der Waals surface area contributed by atoms with Crippen molar-refractivity contribution in [2.75, 3.05) is 17.7 Å². The number of carbonyl (C=O) groups is 2. The van der Waals surface area contributed by atoms with Crippen molar-refractivity contribution in [3.63, 3.8) is 0 Å². The van der Waals surface area contributed by atoms with Gasteiger partial charge in [0, 0.05) is 28.7 Å². The summed E-state index contributed by atoms with van der Waals surface area (Å²) in [7, 11) is 1.65. The first kappa shape index (κ1) is 21.0. The fourth-order valence-electron chi connectivity index (χ4n) is 2.75. The van der Waals surface area contributed by atoms with Crippen molar-refractivity contribution < 1.29 is 14.7 Å². The zero-order chi connectivity index (χ0) is 21.5. The van der Waals surface area contributed by atoms with Crippen molar-refractivity contribution >= 4 is 44.8 Å². The zero-order valence-electron chi connectivity index (χ0n) is 16.5. The fraction of sp³-hybridized carbons (Fsp3) is 0.0870. The van der Waals surface area contributed by atoms with Crippen LogP contribution in [0.5, 0.6) is 0 Å². The van der Waals surface area contributed by atoms with Crippen LogP contribution < -0.4 is 10.6 Å². The van der Waals surface area contributed by atoms with Gasteiger partial charge in [-0.25, -0.2) is 9.78 Å². The second kappa shape index (κ2) is 9.67. The number of fused-ring (bicyclic) bond motifs is 1. The van der Waals surface area contributed by atoms with Gasteiger partial charge in [0.05, 0.1) is 16.8 Å². The van der Waals surface area contributed by atoms with Gasteiger partial charge in [-0.15, -0.1) is 11.3 Å². The number of amides is 1. The smallest absolute Gasteiger partial charge is 0.337 e. The first-order valence-electron chi connectivity index (χ1n) is 9.20. The van der Waals surface area contributed by atoms with E-state index in [9.17, 15) is 9.59 Å². The van der Waals surface area contributed by atoms with Gasteiger partial charge >= 0.3 is 5.97 Å². The van der Waals surface area contributed by atoms with Crippen LogP contribution in [-0.2, 0) is 0 Å². The summed E-state index contributed by atoms with van der Waals surface area (Å²) in [5.74, 6) is -0.997. The molecule has 0 aliphatic heterocycles. The molecule has 0 saturated heterocycles. The maximum Gasteiger partial charge on any atom is 0.337 e. The molecule has 7 heteroatoms. The average molecular weight is 420 g/mol. The molecule has 0 fully saturated rings. The summed E-state index contributed by atoms with van der Waals surface area (Å²) in [5, 5.41) is 17.3. The maximum atomic E-state index is 12.5. The van der Waals surface area contributed by atoms with Gasteiger partial charge in [0.2, 0.25) is 0 Å². The molecule has 0 unspecified atom stereocenters. The Morgan fingerprint density at radius 1 is 1.03 bits per heavy atom. The highest BCUT2D eigenvalue weighted by molar-refractivity contribution is 7.17. The Morgan fingerprint density at radius 3 is 2.37 bits per heavy atom. The number of carbonyl (C=O) groups excluding carboxylic acids is 1. The second-order valence-corrected chi connectivity index (χ2v) is 7.34. The van der Waals surface area contributed by atoms with Gasteiger partial charge in [0.15, 0.2) is 0 Å². The SMILES string of the molecule is CNc1ncc(C(=O)O)cc1NC(=O)c1csc2ccccc12.Cc1ccccc1. The third-order valence-corrected chi connectivity index (χ3v) is 5.25. The quantitative estimate of drug-likeness (QED) is 0.418. The molecule has 0 saturated carbocycles. The van der Waals surface area contributed by atoms with E-state index >= 15 is 0 Å². The van der Waals surface area contributed by atoms with Crippen LogP contribution >= 0.6 is 11.3 Å². The highest BCUT2D eigenvalue weighted by Gasteiger charge is 2.15. The summed E-state index contributed by atoms with van der Waals surface area (Å²) in [6.45, 7) is 2.08. The minimum absolute atomic E-state index is 0.00877. The molecule has 0 bridgehead atoms. The number of rotatable bonds is 4. The minimum Gasteiger partial charge on any atom is -0.478 e. The summed E-state index contributed by atoms with van der Waals surface area (Å²) in [6, 6.07) is 19.3. The molecule has 152 valence electrons. The topological polar surface area (TPSA) is 91.3 Å². The third-order valence-electron chi connectivity index (χ3n) is 4.29.